The van der Waals surface area contributed by atoms with Gasteiger partial charge in [-0.3, -0.25) is 0 Å². The number of thiophene rings is 1. The van der Waals surface area contributed by atoms with Crippen LogP contribution >= 0.6 is 27.3 Å². The van der Waals surface area contributed by atoms with Crippen molar-refractivity contribution in [2.24, 2.45) is 0 Å². The first-order chi connectivity index (χ1) is 6.09. The molecule has 72 valence electrons. The number of carbonyl (C=O) groups excluding carboxylic acids is 1. The summed E-state index contributed by atoms with van der Waals surface area (Å²) >= 11 is 5.18. The number of ketones is 1. The maximum Gasteiger partial charge on any atom is 0.129 e. The van der Waals surface area contributed by atoms with Crippen LogP contribution in [-0.2, 0) is 4.79 Å². The monoisotopic (exact) mass is 260 g/mol. The van der Waals surface area contributed by atoms with Crippen LogP contribution in [0.2, 0.25) is 0 Å². The number of Topliss-reactive ketones (excluding diaryl/α,β-unsaturated/α-hetero) is 1. The van der Waals surface area contributed by atoms with Crippen LogP contribution in [-0.4, -0.2) is 5.78 Å². The molecule has 1 unspecified atom stereocenters. The van der Waals surface area contributed by atoms with E-state index >= 15 is 0 Å². The van der Waals surface area contributed by atoms with Gasteiger partial charge in [0.25, 0.3) is 0 Å². The molecule has 0 saturated heterocycles. The Morgan fingerprint density at radius 1 is 1.62 bits per heavy atom. The summed E-state index contributed by atoms with van der Waals surface area (Å²) in [5.74, 6) is 0.780. The van der Waals surface area contributed by atoms with E-state index in [2.05, 4.69) is 35.0 Å². The molecular weight excluding hydrogens is 248 g/mol. The van der Waals surface area contributed by atoms with Gasteiger partial charge in [0.2, 0.25) is 0 Å². The maximum absolute atomic E-state index is 10.8. The second-order valence-electron chi connectivity index (χ2n) is 3.28. The van der Waals surface area contributed by atoms with E-state index in [-0.39, 0.29) is 5.78 Å². The highest BCUT2D eigenvalue weighted by atomic mass is 79.9. The van der Waals surface area contributed by atoms with Gasteiger partial charge in [0.15, 0.2) is 0 Å². The molecule has 1 nitrogen and oxygen atoms in total. The summed E-state index contributed by atoms with van der Waals surface area (Å²) in [5.41, 5.74) is 0. The molecule has 0 fully saturated rings. The molecule has 1 aromatic rings. The minimum absolute atomic E-state index is 0.280. The van der Waals surface area contributed by atoms with Crippen LogP contribution in [0.5, 0.6) is 0 Å². The predicted octanol–water partition coefficient (Wildman–Crippen LogP) is 3.98. The van der Waals surface area contributed by atoms with E-state index in [1.54, 1.807) is 18.3 Å². The average Bonchev–Trinajstić information content (AvgIpc) is 2.47. The Bertz CT molecular complexity index is 293. The Balaban J connectivity index is 2.48. The molecule has 1 atom stereocenters. The summed E-state index contributed by atoms with van der Waals surface area (Å²) in [4.78, 5) is 12.1. The zero-order chi connectivity index (χ0) is 9.84. The molecule has 1 heterocycles. The Labute approximate surface area is 91.3 Å². The van der Waals surface area contributed by atoms with Gasteiger partial charge < -0.3 is 4.79 Å². The van der Waals surface area contributed by atoms with Crippen LogP contribution in [0.4, 0.5) is 0 Å². The summed E-state index contributed by atoms with van der Waals surface area (Å²) in [6.45, 7) is 3.82. The SMILES string of the molecule is CC(=O)CCC(C)c1ccc(Br)s1. The zero-order valence-corrected chi connectivity index (χ0v) is 10.2. The van der Waals surface area contributed by atoms with E-state index < -0.39 is 0 Å². The molecule has 0 spiro atoms. The van der Waals surface area contributed by atoms with Gasteiger partial charge in [-0.15, -0.1) is 11.3 Å². The summed E-state index contributed by atoms with van der Waals surface area (Å²) in [6, 6.07) is 4.18. The molecule has 1 rings (SSSR count). The minimum atomic E-state index is 0.280. The molecule has 0 saturated carbocycles. The third-order valence-electron chi connectivity index (χ3n) is 2.01. The van der Waals surface area contributed by atoms with Crippen LogP contribution in [0.3, 0.4) is 0 Å². The minimum Gasteiger partial charge on any atom is -0.300 e. The smallest absolute Gasteiger partial charge is 0.129 e. The number of carbonyl (C=O) groups is 1. The fraction of sp³-hybridized carbons (Fsp3) is 0.500. The van der Waals surface area contributed by atoms with Crippen molar-refractivity contribution in [3.05, 3.63) is 20.8 Å². The summed E-state index contributed by atoms with van der Waals surface area (Å²) < 4.78 is 1.16. The van der Waals surface area contributed by atoms with Gasteiger partial charge in [-0.1, -0.05) is 6.92 Å². The Morgan fingerprint density at radius 3 is 2.77 bits per heavy atom. The van der Waals surface area contributed by atoms with Crippen LogP contribution in [0.25, 0.3) is 0 Å². The highest BCUT2D eigenvalue weighted by molar-refractivity contribution is 9.11. The third-order valence-corrected chi connectivity index (χ3v) is 3.86. The molecule has 0 aliphatic carbocycles. The molecule has 0 N–H and O–H groups in total. The van der Waals surface area contributed by atoms with Crippen molar-refractivity contribution in [1.82, 2.24) is 0 Å². The lowest BCUT2D eigenvalue weighted by molar-refractivity contribution is -0.117. The van der Waals surface area contributed by atoms with Gasteiger partial charge in [0.1, 0.15) is 5.78 Å². The van der Waals surface area contributed by atoms with Gasteiger partial charge in [-0.25, -0.2) is 0 Å². The standard InChI is InChI=1S/C10H13BrOS/c1-7(3-4-8(2)12)9-5-6-10(11)13-9/h5-7H,3-4H2,1-2H3. The first-order valence-corrected chi connectivity index (χ1v) is 5.95. The van der Waals surface area contributed by atoms with Crippen LogP contribution in [0, 0.1) is 0 Å². The zero-order valence-electron chi connectivity index (χ0n) is 7.84. The van der Waals surface area contributed by atoms with E-state index in [1.807, 2.05) is 0 Å². The Morgan fingerprint density at radius 2 is 2.31 bits per heavy atom. The fourth-order valence-corrected chi connectivity index (χ4v) is 2.66. The van der Waals surface area contributed by atoms with Gasteiger partial charge in [-0.05, 0) is 47.3 Å². The second kappa shape index (κ2) is 4.91. The lowest BCUT2D eigenvalue weighted by Gasteiger charge is -2.06. The van der Waals surface area contributed by atoms with E-state index in [9.17, 15) is 4.79 Å². The van der Waals surface area contributed by atoms with Crippen molar-refractivity contribution < 1.29 is 4.79 Å². The number of hydrogen-bond acceptors (Lipinski definition) is 2. The molecule has 0 aliphatic rings. The van der Waals surface area contributed by atoms with Crippen LogP contribution in [0.1, 0.15) is 37.5 Å². The van der Waals surface area contributed by atoms with Crippen molar-refractivity contribution in [2.75, 3.05) is 0 Å². The van der Waals surface area contributed by atoms with Gasteiger partial charge in [0, 0.05) is 11.3 Å². The van der Waals surface area contributed by atoms with Gasteiger partial charge >= 0.3 is 0 Å². The van der Waals surface area contributed by atoms with E-state index in [0.717, 1.165) is 10.2 Å². The maximum atomic E-state index is 10.8. The Hall–Kier alpha value is -0.150. The number of hydrogen-bond donors (Lipinski definition) is 0. The first-order valence-electron chi connectivity index (χ1n) is 4.34. The molecule has 0 radical (unpaired) electrons. The average molecular weight is 261 g/mol. The molecule has 0 bridgehead atoms. The predicted molar refractivity (Wildman–Crippen MR) is 60.3 cm³/mol. The third kappa shape index (κ3) is 3.61. The normalized spacial score (nSPS) is 12.8. The topological polar surface area (TPSA) is 17.1 Å². The Kier molecular flexibility index (Phi) is 4.13. The van der Waals surface area contributed by atoms with Gasteiger partial charge in [0.05, 0.1) is 3.79 Å². The number of rotatable bonds is 4. The van der Waals surface area contributed by atoms with Crippen molar-refractivity contribution in [3.63, 3.8) is 0 Å². The molecular formula is C10H13BrOS. The highest BCUT2D eigenvalue weighted by Crippen LogP contribution is 2.30. The quantitative estimate of drug-likeness (QED) is 0.801. The molecule has 0 amide bonds. The lowest BCUT2D eigenvalue weighted by Crippen LogP contribution is -1.95. The van der Waals surface area contributed by atoms with Crippen molar-refractivity contribution >= 4 is 33.0 Å². The van der Waals surface area contributed by atoms with E-state index in [0.29, 0.717) is 12.3 Å². The molecule has 0 aliphatic heterocycles. The summed E-state index contributed by atoms with van der Waals surface area (Å²) in [7, 11) is 0. The highest BCUT2D eigenvalue weighted by Gasteiger charge is 2.08. The fourth-order valence-electron chi connectivity index (χ4n) is 1.16. The summed E-state index contributed by atoms with van der Waals surface area (Å²) in [5, 5.41) is 0. The summed E-state index contributed by atoms with van der Waals surface area (Å²) in [6.07, 6.45) is 1.65. The van der Waals surface area contributed by atoms with E-state index in [4.69, 9.17) is 0 Å². The molecule has 3 heteroatoms. The van der Waals surface area contributed by atoms with Crippen LogP contribution < -0.4 is 0 Å². The molecule has 1 aromatic heterocycles. The van der Waals surface area contributed by atoms with Gasteiger partial charge in [-0.2, -0.15) is 0 Å². The second-order valence-corrected chi connectivity index (χ2v) is 5.78. The van der Waals surface area contributed by atoms with E-state index in [1.165, 1.54) is 4.88 Å². The number of halogens is 1. The van der Waals surface area contributed by atoms with Crippen molar-refractivity contribution in [3.8, 4) is 0 Å². The largest absolute Gasteiger partial charge is 0.300 e. The van der Waals surface area contributed by atoms with Crippen LogP contribution in [0.15, 0.2) is 15.9 Å². The van der Waals surface area contributed by atoms with Crippen molar-refractivity contribution in [2.45, 2.75) is 32.6 Å². The molecule has 0 aromatic carbocycles. The molecule has 13 heavy (non-hydrogen) atoms. The van der Waals surface area contributed by atoms with Crippen molar-refractivity contribution in [1.29, 1.82) is 0 Å². The first kappa shape index (κ1) is 10.9. The lowest BCUT2D eigenvalue weighted by atomic mass is 10.0.